The first kappa shape index (κ1) is 29.5. The van der Waals surface area contributed by atoms with E-state index in [2.05, 4.69) is 61.5 Å². The van der Waals surface area contributed by atoms with E-state index in [1.54, 1.807) is 0 Å². The average molecular weight is 521 g/mol. The van der Waals surface area contributed by atoms with Crippen molar-refractivity contribution in [2.45, 2.75) is 125 Å². The Hall–Kier alpha value is -0.460. The Morgan fingerprint density at radius 3 is 2.14 bits per heavy atom. The topological polar surface area (TPSA) is 101 Å². The fourth-order valence-electron chi connectivity index (χ4n) is 10.2. The largest absolute Gasteiger partial charge is 0.396 e. The molecule has 0 aromatic heterocycles. The lowest BCUT2D eigenvalue weighted by Crippen LogP contribution is -2.65. The van der Waals surface area contributed by atoms with Crippen molar-refractivity contribution in [3.63, 3.8) is 0 Å². The van der Waals surface area contributed by atoms with E-state index in [1.165, 1.54) is 5.57 Å². The molecule has 5 heteroatoms. The number of aliphatic hydroxyl groups is 5. The predicted molar refractivity (Wildman–Crippen MR) is 148 cm³/mol. The van der Waals surface area contributed by atoms with Crippen LogP contribution in [-0.2, 0) is 0 Å². The second-order valence-corrected chi connectivity index (χ2v) is 15.6. The minimum Gasteiger partial charge on any atom is -0.396 e. The summed E-state index contributed by atoms with van der Waals surface area (Å²) < 4.78 is 0. The van der Waals surface area contributed by atoms with E-state index in [0.29, 0.717) is 25.2 Å². The van der Waals surface area contributed by atoms with E-state index >= 15 is 0 Å². The van der Waals surface area contributed by atoms with Crippen molar-refractivity contribution in [3.05, 3.63) is 11.6 Å². The SMILES string of the molecule is CC1=CCC2[C@@]3(C)CC[C@H](O)[C@](C)(CO)C3CC[C@@]2(C)[C@]1(C)C[C@@H](O)[C@]1(CO)CCC(C)(C)[C@@H](C)[C@@H]1O. The van der Waals surface area contributed by atoms with E-state index in [1.807, 2.05) is 0 Å². The molecule has 0 aliphatic heterocycles. The number of aliphatic hydroxyl groups excluding tert-OH is 5. The zero-order chi connectivity index (χ0) is 27.8. The van der Waals surface area contributed by atoms with Gasteiger partial charge in [-0.05, 0) is 97.7 Å². The van der Waals surface area contributed by atoms with Crippen molar-refractivity contribution in [2.75, 3.05) is 13.2 Å². The first-order chi connectivity index (χ1) is 17.0. The van der Waals surface area contributed by atoms with Crippen LogP contribution in [0.25, 0.3) is 0 Å². The summed E-state index contributed by atoms with van der Waals surface area (Å²) in [6.07, 6.45) is 6.93. The Morgan fingerprint density at radius 2 is 1.54 bits per heavy atom. The van der Waals surface area contributed by atoms with Crippen LogP contribution in [0.5, 0.6) is 0 Å². The number of hydrogen-bond acceptors (Lipinski definition) is 5. The molecule has 0 aromatic rings. The summed E-state index contributed by atoms with van der Waals surface area (Å²) >= 11 is 0. The Bertz CT molecular complexity index is 900. The lowest BCUT2D eigenvalue weighted by molar-refractivity contribution is -0.219. The Labute approximate surface area is 225 Å². The molecule has 37 heavy (non-hydrogen) atoms. The standard InChI is InChI=1S/C32H56O5/c1-20-9-10-23-28(5)13-12-24(35)29(6,18-33)22(28)11-14-30(23,7)31(20,8)17-25(36)32(19-34)16-15-27(3,4)21(2)26(32)37/h9,21-26,33-37H,10-19H2,1-8H3/t21-,22?,23?,24-,25+,26-,28-,29+,30+,31+,32+/m0/s1. The van der Waals surface area contributed by atoms with Crippen molar-refractivity contribution in [1.29, 1.82) is 0 Å². The Balaban J connectivity index is 1.70. The average Bonchev–Trinajstić information content (AvgIpc) is 2.84. The number of allylic oxidation sites excluding steroid dienone is 2. The van der Waals surface area contributed by atoms with Crippen molar-refractivity contribution < 1.29 is 25.5 Å². The molecule has 2 unspecified atom stereocenters. The van der Waals surface area contributed by atoms with Gasteiger partial charge in [-0.15, -0.1) is 0 Å². The predicted octanol–water partition coefficient (Wildman–Crippen LogP) is 5.08. The second-order valence-electron chi connectivity index (χ2n) is 15.6. The molecule has 4 aliphatic rings. The molecule has 0 amide bonds. The van der Waals surface area contributed by atoms with Crippen molar-refractivity contribution in [2.24, 2.45) is 50.2 Å². The lowest BCUT2D eigenvalue weighted by atomic mass is 9.36. The van der Waals surface area contributed by atoms with E-state index < -0.39 is 29.1 Å². The van der Waals surface area contributed by atoms with Gasteiger partial charge in [-0.3, -0.25) is 0 Å². The summed E-state index contributed by atoms with van der Waals surface area (Å²) in [5.74, 6) is 0.610. The summed E-state index contributed by atoms with van der Waals surface area (Å²) in [4.78, 5) is 0. The molecule has 0 aromatic carbocycles. The monoisotopic (exact) mass is 520 g/mol. The molecule has 4 aliphatic carbocycles. The molecule has 5 N–H and O–H groups in total. The maximum Gasteiger partial charge on any atom is 0.0673 e. The van der Waals surface area contributed by atoms with Crippen LogP contribution in [0.2, 0.25) is 0 Å². The van der Waals surface area contributed by atoms with Gasteiger partial charge in [0.1, 0.15) is 0 Å². The summed E-state index contributed by atoms with van der Waals surface area (Å²) in [5.41, 5.74) is -0.490. The molecule has 4 rings (SSSR count). The van der Waals surface area contributed by atoms with Crippen LogP contribution in [0.4, 0.5) is 0 Å². The molecule has 0 heterocycles. The first-order valence-corrected chi connectivity index (χ1v) is 14.9. The highest BCUT2D eigenvalue weighted by Gasteiger charge is 2.66. The summed E-state index contributed by atoms with van der Waals surface area (Å²) in [6.45, 7) is 17.6. The fraction of sp³-hybridized carbons (Fsp3) is 0.938. The lowest BCUT2D eigenvalue weighted by Gasteiger charge is -2.69. The van der Waals surface area contributed by atoms with Gasteiger partial charge in [-0.25, -0.2) is 0 Å². The van der Waals surface area contributed by atoms with Gasteiger partial charge in [0, 0.05) is 10.8 Å². The van der Waals surface area contributed by atoms with Gasteiger partial charge in [-0.1, -0.05) is 60.1 Å². The number of rotatable bonds is 5. The second kappa shape index (κ2) is 9.29. The van der Waals surface area contributed by atoms with Crippen LogP contribution in [0.3, 0.4) is 0 Å². The molecule has 11 atom stereocenters. The van der Waals surface area contributed by atoms with Gasteiger partial charge in [0.05, 0.1) is 31.5 Å². The van der Waals surface area contributed by atoms with Gasteiger partial charge in [0.2, 0.25) is 0 Å². The van der Waals surface area contributed by atoms with E-state index in [9.17, 15) is 25.5 Å². The van der Waals surface area contributed by atoms with Crippen molar-refractivity contribution >= 4 is 0 Å². The zero-order valence-corrected chi connectivity index (χ0v) is 24.8. The zero-order valence-electron chi connectivity index (χ0n) is 24.8. The third-order valence-corrected chi connectivity index (χ3v) is 14.0. The molecule has 3 saturated carbocycles. The highest BCUT2D eigenvalue weighted by atomic mass is 16.3. The highest BCUT2D eigenvalue weighted by Crippen LogP contribution is 2.72. The van der Waals surface area contributed by atoms with Gasteiger partial charge >= 0.3 is 0 Å². The third-order valence-electron chi connectivity index (χ3n) is 14.0. The smallest absolute Gasteiger partial charge is 0.0673 e. The Morgan fingerprint density at radius 1 is 0.892 bits per heavy atom. The molecule has 0 spiro atoms. The van der Waals surface area contributed by atoms with Crippen LogP contribution in [0, 0.1) is 50.2 Å². The van der Waals surface area contributed by atoms with E-state index in [4.69, 9.17) is 0 Å². The van der Waals surface area contributed by atoms with Gasteiger partial charge in [0.25, 0.3) is 0 Å². The van der Waals surface area contributed by atoms with Crippen LogP contribution < -0.4 is 0 Å². The maximum absolute atomic E-state index is 12.0. The molecule has 0 saturated heterocycles. The fourth-order valence-corrected chi connectivity index (χ4v) is 10.2. The third kappa shape index (κ3) is 3.88. The molecular weight excluding hydrogens is 464 g/mol. The molecular formula is C32H56O5. The number of hydrogen-bond donors (Lipinski definition) is 5. The van der Waals surface area contributed by atoms with Crippen LogP contribution in [0.1, 0.15) is 107 Å². The first-order valence-electron chi connectivity index (χ1n) is 14.9. The maximum atomic E-state index is 12.0. The van der Waals surface area contributed by atoms with Crippen LogP contribution in [-0.4, -0.2) is 57.1 Å². The molecule has 5 nitrogen and oxygen atoms in total. The Kier molecular flexibility index (Phi) is 7.42. The minimum atomic E-state index is -0.910. The van der Waals surface area contributed by atoms with Crippen LogP contribution >= 0.6 is 0 Å². The van der Waals surface area contributed by atoms with Crippen LogP contribution in [0.15, 0.2) is 11.6 Å². The number of fused-ring (bicyclic) bond motifs is 3. The van der Waals surface area contributed by atoms with Gasteiger partial charge in [0.15, 0.2) is 0 Å². The quantitative estimate of drug-likeness (QED) is 0.325. The molecule has 0 radical (unpaired) electrons. The molecule has 3 fully saturated rings. The summed E-state index contributed by atoms with van der Waals surface area (Å²) in [6, 6.07) is 0. The summed E-state index contributed by atoms with van der Waals surface area (Å²) in [7, 11) is 0. The van der Waals surface area contributed by atoms with Crippen molar-refractivity contribution in [1.82, 2.24) is 0 Å². The molecule has 0 bridgehead atoms. The van der Waals surface area contributed by atoms with E-state index in [0.717, 1.165) is 32.1 Å². The highest BCUT2D eigenvalue weighted by molar-refractivity contribution is 5.27. The minimum absolute atomic E-state index is 0.00808. The molecule has 214 valence electrons. The van der Waals surface area contributed by atoms with Gasteiger partial charge < -0.3 is 25.5 Å². The normalized spacial score (nSPS) is 52.6. The van der Waals surface area contributed by atoms with Crippen molar-refractivity contribution in [3.8, 4) is 0 Å². The van der Waals surface area contributed by atoms with E-state index in [-0.39, 0.29) is 46.7 Å². The summed E-state index contributed by atoms with van der Waals surface area (Å²) in [5, 5.41) is 55.5. The van der Waals surface area contributed by atoms with Gasteiger partial charge in [-0.2, -0.15) is 0 Å².